The highest BCUT2D eigenvalue weighted by Crippen LogP contribution is 2.80. The lowest BCUT2D eigenvalue weighted by molar-refractivity contribution is -0.212. The number of hydrogen-bond donors (Lipinski definition) is 4. The number of benzene rings is 4. The summed E-state index contributed by atoms with van der Waals surface area (Å²) < 4.78 is 14.0. The summed E-state index contributed by atoms with van der Waals surface area (Å²) in [7, 11) is 0. The van der Waals surface area contributed by atoms with E-state index in [4.69, 9.17) is 20.9 Å². The van der Waals surface area contributed by atoms with Crippen LogP contribution in [0.5, 0.6) is 34.5 Å². The lowest BCUT2D eigenvalue weighted by Gasteiger charge is -2.74. The number of hydrogen-bond acceptors (Lipinski definition) is 6. The molecular weight excluding hydrogens is 909 g/mol. The number of anilines is 2. The molecule has 16 saturated carbocycles. The summed E-state index contributed by atoms with van der Waals surface area (Å²) in [6.45, 7) is 10.5. The number of phenols is 2. The molecule has 6 heteroatoms. The van der Waals surface area contributed by atoms with E-state index in [0.29, 0.717) is 55.4 Å². The standard InChI is InChI=1S/C68H84N2O4/c1-59-19-45-20-60(2,33-59)36-65(27-45,35-59)51-15-47(5-11-57(51)73-49-7-9-53(69)55(71)17-49)63-23-41-13-42(24-63)30-67(29-41,39-63)68-31-43-14-44(32-68)26-64(25-43,40-68)48-6-12-58(74-50-8-10-54(70)56(72)18-50)52(16-48)66-28-46-21-61(3,37-66)34-62(4,22-46)38-66/h5-12,15-18,41-46,71-72H,13-14,19-40,69-70H2,1-4H3. The van der Waals surface area contributed by atoms with E-state index in [1.807, 2.05) is 12.1 Å². The predicted octanol–water partition coefficient (Wildman–Crippen LogP) is 16.7. The van der Waals surface area contributed by atoms with Gasteiger partial charge in [-0.1, -0.05) is 52.0 Å². The third-order valence-corrected chi connectivity index (χ3v) is 25.3. The first-order valence-electron chi connectivity index (χ1n) is 30.0. The summed E-state index contributed by atoms with van der Waals surface area (Å²) in [5.41, 5.74) is 22.2. The molecule has 16 fully saturated rings. The van der Waals surface area contributed by atoms with Crippen molar-refractivity contribution in [2.75, 3.05) is 11.5 Å². The fourth-order valence-corrected chi connectivity index (χ4v) is 26.1. The number of ether oxygens (including phenoxy) is 2. The minimum Gasteiger partial charge on any atom is -0.506 e. The summed E-state index contributed by atoms with van der Waals surface area (Å²) in [5.74, 6) is 8.35. The van der Waals surface area contributed by atoms with Gasteiger partial charge in [0.2, 0.25) is 0 Å². The number of nitrogen functional groups attached to an aromatic ring is 2. The molecule has 0 amide bonds. The molecule has 74 heavy (non-hydrogen) atoms. The van der Waals surface area contributed by atoms with Crippen molar-refractivity contribution in [2.24, 2.45) is 68.0 Å². The zero-order chi connectivity index (χ0) is 50.3. The lowest BCUT2D eigenvalue weighted by atomic mass is 9.30. The fourth-order valence-electron chi connectivity index (χ4n) is 26.1. The minimum absolute atomic E-state index is 0.0926. The lowest BCUT2D eigenvalue weighted by Crippen LogP contribution is -2.66. The largest absolute Gasteiger partial charge is 0.506 e. The molecular formula is C68H84N2O4. The summed E-state index contributed by atoms with van der Waals surface area (Å²) in [5, 5.41) is 21.5. The Balaban J connectivity index is 0.788. The van der Waals surface area contributed by atoms with Crippen molar-refractivity contribution in [3.63, 3.8) is 0 Å². The fraction of sp³-hybridized carbons (Fsp3) is 0.647. The Morgan fingerprint density at radius 1 is 0.378 bits per heavy atom. The van der Waals surface area contributed by atoms with Crippen LogP contribution in [0, 0.1) is 68.0 Å². The second-order valence-electron chi connectivity index (χ2n) is 31.9. The maximum Gasteiger partial charge on any atom is 0.142 e. The molecule has 16 bridgehead atoms. The quantitative estimate of drug-likeness (QED) is 0.0982. The van der Waals surface area contributed by atoms with Gasteiger partial charge in [-0.05, 0) is 280 Å². The molecule has 16 aliphatic carbocycles. The molecule has 4 aromatic rings. The summed E-state index contributed by atoms with van der Waals surface area (Å²) >= 11 is 0. The van der Waals surface area contributed by atoms with Crippen molar-refractivity contribution in [3.8, 4) is 34.5 Å². The first-order chi connectivity index (χ1) is 35.2. The van der Waals surface area contributed by atoms with Gasteiger partial charge in [0.05, 0.1) is 11.4 Å². The Kier molecular flexibility index (Phi) is 8.93. The molecule has 16 aliphatic rings. The van der Waals surface area contributed by atoms with Crippen LogP contribution in [0.2, 0.25) is 0 Å². The highest BCUT2D eigenvalue weighted by atomic mass is 16.5. The molecule has 6 N–H and O–H groups in total. The van der Waals surface area contributed by atoms with Crippen LogP contribution < -0.4 is 20.9 Å². The van der Waals surface area contributed by atoms with Crippen LogP contribution in [-0.2, 0) is 21.7 Å². The Bertz CT molecular complexity index is 2790. The van der Waals surface area contributed by atoms with E-state index in [1.165, 1.54) is 165 Å². The molecule has 8 atom stereocenters. The normalized spacial score (nSPS) is 47.2. The summed E-state index contributed by atoms with van der Waals surface area (Å²) in [6, 6.07) is 26.3. The Hall–Kier alpha value is -4.32. The van der Waals surface area contributed by atoms with Crippen LogP contribution >= 0.6 is 0 Å². The smallest absolute Gasteiger partial charge is 0.142 e. The van der Waals surface area contributed by atoms with Crippen molar-refractivity contribution in [2.45, 2.75) is 203 Å². The number of nitrogens with two attached hydrogens (primary N) is 2. The van der Waals surface area contributed by atoms with Gasteiger partial charge in [0.1, 0.15) is 34.5 Å². The zero-order valence-electron chi connectivity index (χ0n) is 45.2. The van der Waals surface area contributed by atoms with E-state index in [-0.39, 0.29) is 33.2 Å². The summed E-state index contributed by atoms with van der Waals surface area (Å²) in [6.07, 6.45) is 32.6. The monoisotopic (exact) mass is 993 g/mol. The minimum atomic E-state index is 0.0926. The molecule has 0 saturated heterocycles. The van der Waals surface area contributed by atoms with Gasteiger partial charge in [-0.25, -0.2) is 0 Å². The topological polar surface area (TPSA) is 111 Å². The second kappa shape index (κ2) is 14.4. The average molecular weight is 993 g/mol. The van der Waals surface area contributed by atoms with Crippen LogP contribution in [0.1, 0.15) is 204 Å². The second-order valence-corrected chi connectivity index (χ2v) is 31.9. The molecule has 390 valence electrons. The Morgan fingerprint density at radius 2 is 0.730 bits per heavy atom. The van der Waals surface area contributed by atoms with Crippen LogP contribution in [0.25, 0.3) is 0 Å². The van der Waals surface area contributed by atoms with Gasteiger partial charge in [-0.15, -0.1) is 0 Å². The third-order valence-electron chi connectivity index (χ3n) is 25.3. The van der Waals surface area contributed by atoms with Gasteiger partial charge >= 0.3 is 0 Å². The van der Waals surface area contributed by atoms with Gasteiger partial charge in [0.15, 0.2) is 0 Å². The zero-order valence-corrected chi connectivity index (χ0v) is 45.2. The Morgan fingerprint density at radius 3 is 1.07 bits per heavy atom. The van der Waals surface area contributed by atoms with Crippen LogP contribution in [-0.4, -0.2) is 10.2 Å². The van der Waals surface area contributed by atoms with E-state index in [2.05, 4.69) is 64.1 Å². The van der Waals surface area contributed by atoms with E-state index in [1.54, 1.807) is 35.4 Å². The molecule has 6 nitrogen and oxygen atoms in total. The van der Waals surface area contributed by atoms with Crippen LogP contribution in [0.15, 0.2) is 72.8 Å². The van der Waals surface area contributed by atoms with Crippen molar-refractivity contribution in [3.05, 3.63) is 95.1 Å². The Labute approximate surface area is 441 Å². The number of aromatic hydroxyl groups is 2. The van der Waals surface area contributed by atoms with Crippen molar-refractivity contribution >= 4 is 11.4 Å². The molecule has 20 rings (SSSR count). The van der Waals surface area contributed by atoms with E-state index < -0.39 is 0 Å². The van der Waals surface area contributed by atoms with E-state index >= 15 is 0 Å². The maximum atomic E-state index is 10.8. The van der Waals surface area contributed by atoms with Gasteiger partial charge in [-0.3, -0.25) is 0 Å². The number of rotatable bonds is 9. The van der Waals surface area contributed by atoms with Gasteiger partial charge in [-0.2, -0.15) is 0 Å². The van der Waals surface area contributed by atoms with Crippen LogP contribution in [0.4, 0.5) is 11.4 Å². The van der Waals surface area contributed by atoms with Gasteiger partial charge in [0, 0.05) is 34.1 Å². The molecule has 0 heterocycles. The maximum absolute atomic E-state index is 10.8. The molecule has 4 aromatic carbocycles. The highest BCUT2D eigenvalue weighted by Gasteiger charge is 2.71. The predicted molar refractivity (Wildman–Crippen MR) is 294 cm³/mol. The van der Waals surface area contributed by atoms with E-state index in [0.717, 1.165) is 47.0 Å². The van der Waals surface area contributed by atoms with Gasteiger partial charge in [0.25, 0.3) is 0 Å². The summed E-state index contributed by atoms with van der Waals surface area (Å²) in [4.78, 5) is 0. The molecule has 0 radical (unpaired) electrons. The molecule has 0 aromatic heterocycles. The molecule has 0 aliphatic heterocycles. The first kappa shape index (κ1) is 45.8. The van der Waals surface area contributed by atoms with Crippen molar-refractivity contribution in [1.29, 1.82) is 0 Å². The average Bonchev–Trinajstić information content (AvgIpc) is 3.28. The first-order valence-corrected chi connectivity index (χ1v) is 30.0. The molecule has 8 unspecified atom stereocenters. The molecule has 0 spiro atoms. The van der Waals surface area contributed by atoms with Crippen molar-refractivity contribution < 1.29 is 19.7 Å². The highest BCUT2D eigenvalue weighted by molar-refractivity contribution is 5.58. The van der Waals surface area contributed by atoms with Crippen molar-refractivity contribution in [1.82, 2.24) is 0 Å². The SMILES string of the molecule is CC12CC3CC(C)(C1)CC(c1cc(C45CC6CC(C4)CC(C47CC8CC(CC(c9ccc(Oc%10ccc(N)c(O)c%10)c(C%10%11CC%12CC(C)(CC(C)(C%12)C%10)C%11)c9)(C8)C4)C7)(C6)C5)ccc1Oc1ccc(N)c(O)c1)(C3)C2. The third kappa shape index (κ3) is 6.53. The van der Waals surface area contributed by atoms with Gasteiger partial charge < -0.3 is 31.2 Å². The number of phenolic OH excluding ortho intramolecular Hbond substituents is 2. The van der Waals surface area contributed by atoms with Crippen LogP contribution in [0.3, 0.4) is 0 Å². The van der Waals surface area contributed by atoms with E-state index in [9.17, 15) is 10.2 Å².